The second-order valence-electron chi connectivity index (χ2n) is 18.7. The summed E-state index contributed by atoms with van der Waals surface area (Å²) in [6, 6.07) is 0. The predicted molar refractivity (Wildman–Crippen MR) is 306 cm³/mol. The minimum absolute atomic E-state index is 0.118. The second kappa shape index (κ2) is 58.1. The number of esters is 3. The normalized spacial score (nSPS) is 13.1. The van der Waals surface area contributed by atoms with Crippen molar-refractivity contribution >= 4 is 17.9 Å². The van der Waals surface area contributed by atoms with Gasteiger partial charge in [0.2, 0.25) is 0 Å². The van der Waals surface area contributed by atoms with Crippen LogP contribution in [-0.4, -0.2) is 37.2 Å². The maximum Gasteiger partial charge on any atom is 0.306 e. The lowest BCUT2D eigenvalue weighted by molar-refractivity contribution is -0.167. The molecule has 400 valence electrons. The SMILES string of the molecule is CC\C=C/C=C\C=C/C=C\C=C\C=C/C=C\CCCCCC(=O)OCC(COC(=O)CCCCC/C=C\C=C/CCCCCCCCC)OC(=O)CCCCCCC/C=C\C=C/CCCCCCCCC. The molecule has 1 unspecified atom stereocenters. The van der Waals surface area contributed by atoms with E-state index in [1.165, 1.54) is 96.3 Å². The maximum atomic E-state index is 12.9. The van der Waals surface area contributed by atoms with E-state index in [0.717, 1.165) is 103 Å². The Morgan fingerprint density at radius 2 is 0.549 bits per heavy atom. The molecule has 0 rings (SSSR count). The molecule has 0 spiro atoms. The second-order valence-corrected chi connectivity index (χ2v) is 18.7. The van der Waals surface area contributed by atoms with E-state index in [1.807, 2.05) is 72.9 Å². The van der Waals surface area contributed by atoms with Crippen LogP contribution in [0.15, 0.2) is 134 Å². The molecule has 71 heavy (non-hydrogen) atoms. The zero-order chi connectivity index (χ0) is 51.4. The topological polar surface area (TPSA) is 78.9 Å². The van der Waals surface area contributed by atoms with Crippen molar-refractivity contribution in [2.45, 2.75) is 245 Å². The molecular weight excluding hydrogens is 877 g/mol. The van der Waals surface area contributed by atoms with Crippen molar-refractivity contribution in [1.82, 2.24) is 0 Å². The third-order valence-electron chi connectivity index (χ3n) is 11.9. The standard InChI is InChI=1S/C65H104O6/c1-4-7-10-13-16-19-22-25-28-31-33-35-37-40-43-46-49-52-55-58-64(67)70-61-62(60-69-63(66)57-54-51-48-45-42-39-36-30-27-24-21-18-15-12-9-6-3)71-65(68)59-56-53-50-47-44-41-38-34-32-29-26-23-20-17-14-11-8-5-2/h7,10,13,16,19,22,25,28-40,42-43,62H,4-6,8-9,11-12,14-15,17-18,20-21,23-24,26-27,41,44-61H2,1-3H3/b10-7-,16-13-,22-19-,28-25-,32-29-,33-31+,36-30-,37-35-,38-34-,42-39-,43-40-. The molecule has 0 radical (unpaired) electrons. The van der Waals surface area contributed by atoms with Crippen molar-refractivity contribution in [2.24, 2.45) is 0 Å². The Morgan fingerprint density at radius 1 is 0.296 bits per heavy atom. The number of carbonyl (C=O) groups is 3. The summed E-state index contributed by atoms with van der Waals surface area (Å²) in [7, 11) is 0. The van der Waals surface area contributed by atoms with Crippen LogP contribution in [0.4, 0.5) is 0 Å². The van der Waals surface area contributed by atoms with Gasteiger partial charge in [0.15, 0.2) is 6.10 Å². The Balaban J connectivity index is 4.59. The first kappa shape index (κ1) is 66.6. The van der Waals surface area contributed by atoms with Gasteiger partial charge in [-0.15, -0.1) is 0 Å². The molecule has 0 saturated carbocycles. The first-order chi connectivity index (χ1) is 35.0. The van der Waals surface area contributed by atoms with Crippen LogP contribution >= 0.6 is 0 Å². The fourth-order valence-electron chi connectivity index (χ4n) is 7.52. The maximum absolute atomic E-state index is 12.9. The predicted octanol–water partition coefficient (Wildman–Crippen LogP) is 19.4. The average molecular weight is 982 g/mol. The minimum atomic E-state index is -0.822. The molecule has 1 atom stereocenters. The van der Waals surface area contributed by atoms with Gasteiger partial charge >= 0.3 is 17.9 Å². The molecule has 0 aliphatic heterocycles. The van der Waals surface area contributed by atoms with Gasteiger partial charge in [0, 0.05) is 19.3 Å². The number of ether oxygens (including phenoxy) is 3. The van der Waals surface area contributed by atoms with E-state index in [4.69, 9.17) is 14.2 Å². The summed E-state index contributed by atoms with van der Waals surface area (Å²) in [6.07, 6.45) is 81.5. The summed E-state index contributed by atoms with van der Waals surface area (Å²) >= 11 is 0. The van der Waals surface area contributed by atoms with Crippen LogP contribution < -0.4 is 0 Å². The van der Waals surface area contributed by atoms with Crippen molar-refractivity contribution < 1.29 is 28.6 Å². The number of rotatable bonds is 50. The van der Waals surface area contributed by atoms with Gasteiger partial charge in [-0.3, -0.25) is 14.4 Å². The molecule has 6 nitrogen and oxygen atoms in total. The van der Waals surface area contributed by atoms with Gasteiger partial charge in [0.25, 0.3) is 0 Å². The summed E-state index contributed by atoms with van der Waals surface area (Å²) in [4.78, 5) is 38.2. The third-order valence-corrected chi connectivity index (χ3v) is 11.9. The molecule has 0 aromatic carbocycles. The van der Waals surface area contributed by atoms with Crippen molar-refractivity contribution in [2.75, 3.05) is 13.2 Å². The lowest BCUT2D eigenvalue weighted by Gasteiger charge is -2.18. The summed E-state index contributed by atoms with van der Waals surface area (Å²) < 4.78 is 16.8. The summed E-state index contributed by atoms with van der Waals surface area (Å²) in [5, 5.41) is 0. The highest BCUT2D eigenvalue weighted by Gasteiger charge is 2.19. The molecule has 0 fully saturated rings. The van der Waals surface area contributed by atoms with Gasteiger partial charge in [-0.25, -0.2) is 0 Å². The largest absolute Gasteiger partial charge is 0.462 e. The van der Waals surface area contributed by atoms with Gasteiger partial charge in [0.1, 0.15) is 13.2 Å². The highest BCUT2D eigenvalue weighted by molar-refractivity contribution is 5.71. The monoisotopic (exact) mass is 981 g/mol. The van der Waals surface area contributed by atoms with E-state index in [9.17, 15) is 14.4 Å². The van der Waals surface area contributed by atoms with Crippen molar-refractivity contribution in [3.8, 4) is 0 Å². The third kappa shape index (κ3) is 56.3. The van der Waals surface area contributed by atoms with Crippen molar-refractivity contribution in [3.05, 3.63) is 134 Å². The highest BCUT2D eigenvalue weighted by atomic mass is 16.6. The van der Waals surface area contributed by atoms with Crippen LogP contribution in [0.3, 0.4) is 0 Å². The van der Waals surface area contributed by atoms with Crippen molar-refractivity contribution in [1.29, 1.82) is 0 Å². The minimum Gasteiger partial charge on any atom is -0.462 e. The van der Waals surface area contributed by atoms with Gasteiger partial charge in [0.05, 0.1) is 0 Å². The molecule has 0 N–H and O–H groups in total. The van der Waals surface area contributed by atoms with Gasteiger partial charge in [-0.05, 0) is 89.9 Å². The van der Waals surface area contributed by atoms with E-state index in [0.29, 0.717) is 12.8 Å². The molecule has 0 bridgehead atoms. The van der Waals surface area contributed by atoms with Crippen LogP contribution in [-0.2, 0) is 28.6 Å². The summed E-state index contributed by atoms with van der Waals surface area (Å²) in [5.74, 6) is -1.01. The van der Waals surface area contributed by atoms with E-state index >= 15 is 0 Å². The fourth-order valence-corrected chi connectivity index (χ4v) is 7.52. The molecule has 0 saturated heterocycles. The summed E-state index contributed by atoms with van der Waals surface area (Å²) in [5.41, 5.74) is 0. The summed E-state index contributed by atoms with van der Waals surface area (Å²) in [6.45, 7) is 6.40. The quantitative estimate of drug-likeness (QED) is 0.0262. The fraction of sp³-hybridized carbons (Fsp3) is 0.615. The Morgan fingerprint density at radius 3 is 0.887 bits per heavy atom. The number of unbranched alkanes of at least 4 members (excludes halogenated alkanes) is 25. The van der Waals surface area contributed by atoms with E-state index in [2.05, 4.69) is 81.5 Å². The molecule has 0 aromatic rings. The lowest BCUT2D eigenvalue weighted by Crippen LogP contribution is -2.30. The smallest absolute Gasteiger partial charge is 0.306 e. The first-order valence-electron chi connectivity index (χ1n) is 28.8. The number of carbonyl (C=O) groups excluding carboxylic acids is 3. The van der Waals surface area contributed by atoms with Crippen LogP contribution in [0, 0.1) is 0 Å². The average Bonchev–Trinajstić information content (AvgIpc) is 3.37. The van der Waals surface area contributed by atoms with Crippen LogP contribution in [0.5, 0.6) is 0 Å². The van der Waals surface area contributed by atoms with E-state index in [1.54, 1.807) is 0 Å². The highest BCUT2D eigenvalue weighted by Crippen LogP contribution is 2.13. The zero-order valence-electron chi connectivity index (χ0n) is 45.7. The Labute approximate surface area is 436 Å². The van der Waals surface area contributed by atoms with Crippen LogP contribution in [0.2, 0.25) is 0 Å². The molecule has 6 heteroatoms. The number of allylic oxidation sites excluding steroid dienone is 22. The zero-order valence-corrected chi connectivity index (χ0v) is 45.7. The van der Waals surface area contributed by atoms with Crippen LogP contribution in [0.25, 0.3) is 0 Å². The van der Waals surface area contributed by atoms with Gasteiger partial charge in [-0.2, -0.15) is 0 Å². The van der Waals surface area contributed by atoms with Crippen LogP contribution in [0.1, 0.15) is 239 Å². The van der Waals surface area contributed by atoms with E-state index < -0.39 is 6.10 Å². The molecule has 0 aromatic heterocycles. The molecule has 0 amide bonds. The number of hydrogen-bond acceptors (Lipinski definition) is 6. The lowest BCUT2D eigenvalue weighted by atomic mass is 10.1. The van der Waals surface area contributed by atoms with E-state index in [-0.39, 0.29) is 37.5 Å². The Kier molecular flexibility index (Phi) is 54.5. The van der Waals surface area contributed by atoms with Gasteiger partial charge in [-0.1, -0.05) is 264 Å². The Hall–Kier alpha value is -4.45. The molecule has 0 heterocycles. The molecule has 0 aliphatic carbocycles. The first-order valence-corrected chi connectivity index (χ1v) is 28.8. The van der Waals surface area contributed by atoms with Gasteiger partial charge < -0.3 is 14.2 Å². The molecular formula is C65H104O6. The Bertz CT molecular complexity index is 1550. The van der Waals surface area contributed by atoms with Crippen molar-refractivity contribution in [3.63, 3.8) is 0 Å². The number of hydrogen-bond donors (Lipinski definition) is 0. The molecule has 0 aliphatic rings.